The Kier molecular flexibility index (Phi) is 6.93. The normalized spacial score (nSPS) is 22.1. The summed E-state index contributed by atoms with van der Waals surface area (Å²) in [6.45, 7) is 1.06. The smallest absolute Gasteiger partial charge is 0.391 e. The minimum absolute atomic E-state index is 0.206. The fourth-order valence-corrected chi connectivity index (χ4v) is 2.67. The number of aldehydes is 1. The number of phosphoric ester groups is 1. The Morgan fingerprint density at radius 2 is 1.53 bits per heavy atom. The molecule has 0 saturated heterocycles. The zero-order valence-corrected chi connectivity index (χ0v) is 11.3. The standard InChI is InChI=1S/C6H14O11P2/c1-3(8)5(9)6(10)4(2-7)16-19(14,15)17-18(11,12)13/h2-6,8-10H,1H3,(H,14,15)(H2,11,12,13)/t3-,4+,5-,6-/m1/s1. The van der Waals surface area contributed by atoms with E-state index in [0.717, 1.165) is 6.92 Å². The number of hydrogen-bond donors (Lipinski definition) is 6. The highest BCUT2D eigenvalue weighted by molar-refractivity contribution is 7.60. The highest BCUT2D eigenvalue weighted by atomic mass is 31.3. The van der Waals surface area contributed by atoms with Gasteiger partial charge < -0.3 is 34.8 Å². The maximum Gasteiger partial charge on any atom is 0.481 e. The van der Waals surface area contributed by atoms with Gasteiger partial charge in [-0.05, 0) is 6.92 Å². The van der Waals surface area contributed by atoms with Gasteiger partial charge in [0.15, 0.2) is 12.4 Å². The van der Waals surface area contributed by atoms with Gasteiger partial charge in [-0.1, -0.05) is 0 Å². The summed E-state index contributed by atoms with van der Waals surface area (Å²) < 4.78 is 28.8. The molecule has 0 spiro atoms. The number of aliphatic hydroxyl groups is 3. The van der Waals surface area contributed by atoms with Gasteiger partial charge in [-0.2, -0.15) is 4.31 Å². The maximum absolute atomic E-state index is 11.1. The molecule has 0 aromatic carbocycles. The molecule has 0 aliphatic rings. The van der Waals surface area contributed by atoms with Crippen molar-refractivity contribution < 1.29 is 52.8 Å². The van der Waals surface area contributed by atoms with Crippen LogP contribution >= 0.6 is 15.6 Å². The van der Waals surface area contributed by atoms with E-state index in [9.17, 15) is 24.1 Å². The average molecular weight is 324 g/mol. The van der Waals surface area contributed by atoms with Crippen LogP contribution in [0, 0.1) is 0 Å². The predicted molar refractivity (Wildman–Crippen MR) is 57.6 cm³/mol. The van der Waals surface area contributed by atoms with Crippen LogP contribution in [-0.2, 0) is 22.8 Å². The predicted octanol–water partition coefficient (Wildman–Crippen LogP) is -2.12. The summed E-state index contributed by atoms with van der Waals surface area (Å²) >= 11 is 0. The summed E-state index contributed by atoms with van der Waals surface area (Å²) in [5, 5.41) is 27.5. The van der Waals surface area contributed by atoms with E-state index >= 15 is 0 Å². The van der Waals surface area contributed by atoms with E-state index in [2.05, 4.69) is 8.83 Å². The zero-order chi connectivity index (χ0) is 15.4. The van der Waals surface area contributed by atoms with Crippen molar-refractivity contribution in [1.82, 2.24) is 0 Å². The van der Waals surface area contributed by atoms with Crippen molar-refractivity contribution in [3.8, 4) is 0 Å². The summed E-state index contributed by atoms with van der Waals surface area (Å²) in [7, 11) is -10.7. The molecule has 6 N–H and O–H groups in total. The number of carbonyl (C=O) groups is 1. The molecule has 1 unspecified atom stereocenters. The van der Waals surface area contributed by atoms with Gasteiger partial charge in [-0.15, -0.1) is 0 Å². The van der Waals surface area contributed by atoms with Gasteiger partial charge in [0.2, 0.25) is 0 Å². The lowest BCUT2D eigenvalue weighted by Crippen LogP contribution is -2.44. The Labute approximate surface area is 107 Å². The average Bonchev–Trinajstić information content (AvgIpc) is 2.20. The van der Waals surface area contributed by atoms with Crippen LogP contribution in [0.15, 0.2) is 0 Å². The molecule has 19 heavy (non-hydrogen) atoms. The van der Waals surface area contributed by atoms with E-state index in [0.29, 0.717) is 0 Å². The number of hydrogen-bond acceptors (Lipinski definition) is 8. The topological polar surface area (TPSA) is 191 Å². The van der Waals surface area contributed by atoms with Crippen molar-refractivity contribution in [2.45, 2.75) is 31.3 Å². The zero-order valence-electron chi connectivity index (χ0n) is 9.51. The Bertz CT molecular complexity index is 389. The fourth-order valence-electron chi connectivity index (χ4n) is 0.955. The molecule has 114 valence electrons. The van der Waals surface area contributed by atoms with Crippen molar-refractivity contribution in [3.05, 3.63) is 0 Å². The largest absolute Gasteiger partial charge is 0.481 e. The van der Waals surface area contributed by atoms with Gasteiger partial charge in [-0.25, -0.2) is 9.13 Å². The second kappa shape index (κ2) is 7.00. The molecule has 0 rings (SSSR count). The lowest BCUT2D eigenvalue weighted by molar-refractivity contribution is -0.131. The molecule has 5 atom stereocenters. The SMILES string of the molecule is C[C@@H](O)[C@@H](O)[C@H](O)[C@H](C=O)OP(=O)(O)OP(=O)(O)O. The van der Waals surface area contributed by atoms with Gasteiger partial charge in [0.1, 0.15) is 12.2 Å². The first-order valence-electron chi connectivity index (χ1n) is 4.67. The van der Waals surface area contributed by atoms with E-state index in [4.69, 9.17) is 19.8 Å². The molecule has 0 fully saturated rings. The third kappa shape index (κ3) is 7.23. The number of aliphatic hydroxyl groups excluding tert-OH is 3. The van der Waals surface area contributed by atoms with Gasteiger partial charge in [0.25, 0.3) is 0 Å². The van der Waals surface area contributed by atoms with Crippen LogP contribution < -0.4 is 0 Å². The molecule has 0 radical (unpaired) electrons. The van der Waals surface area contributed by atoms with E-state index < -0.39 is 40.1 Å². The first kappa shape index (κ1) is 18.8. The lowest BCUT2D eigenvalue weighted by Gasteiger charge is -2.25. The first-order valence-corrected chi connectivity index (χ1v) is 7.70. The Morgan fingerprint density at radius 1 is 1.05 bits per heavy atom. The monoisotopic (exact) mass is 324 g/mol. The molecule has 0 aliphatic heterocycles. The van der Waals surface area contributed by atoms with Crippen LogP contribution in [0.2, 0.25) is 0 Å². The second-order valence-corrected chi connectivity index (χ2v) is 6.25. The van der Waals surface area contributed by atoms with Crippen molar-refractivity contribution in [3.63, 3.8) is 0 Å². The van der Waals surface area contributed by atoms with Crippen LogP contribution in [0.4, 0.5) is 0 Å². The number of phosphoric acid groups is 2. The molecule has 0 aromatic rings. The van der Waals surface area contributed by atoms with E-state index in [1.54, 1.807) is 0 Å². The number of rotatable bonds is 8. The summed E-state index contributed by atoms with van der Waals surface area (Å²) in [5.41, 5.74) is 0. The molecular weight excluding hydrogens is 310 g/mol. The van der Waals surface area contributed by atoms with Gasteiger partial charge in [0, 0.05) is 0 Å². The highest BCUT2D eigenvalue weighted by Crippen LogP contribution is 2.58. The lowest BCUT2D eigenvalue weighted by atomic mass is 10.1. The molecule has 0 heterocycles. The van der Waals surface area contributed by atoms with Crippen LogP contribution in [0.1, 0.15) is 6.92 Å². The molecule has 0 saturated carbocycles. The molecule has 0 aromatic heterocycles. The van der Waals surface area contributed by atoms with Crippen molar-refractivity contribution in [1.29, 1.82) is 0 Å². The van der Waals surface area contributed by atoms with Crippen LogP contribution in [0.5, 0.6) is 0 Å². The fraction of sp³-hybridized carbons (Fsp3) is 0.833. The van der Waals surface area contributed by atoms with Crippen LogP contribution in [0.25, 0.3) is 0 Å². The second-order valence-electron chi connectivity index (χ2n) is 3.47. The number of carbonyl (C=O) groups excluding carboxylic acids is 1. The van der Waals surface area contributed by atoms with E-state index in [1.165, 1.54) is 0 Å². The third-order valence-electron chi connectivity index (χ3n) is 1.78. The van der Waals surface area contributed by atoms with Gasteiger partial charge >= 0.3 is 15.6 Å². The Hall–Kier alpha value is -0.190. The summed E-state index contributed by atoms with van der Waals surface area (Å²) in [6.07, 6.45) is -7.86. The minimum atomic E-state index is -5.37. The summed E-state index contributed by atoms with van der Waals surface area (Å²) in [6, 6.07) is 0. The quantitative estimate of drug-likeness (QED) is 0.211. The molecule has 0 aliphatic carbocycles. The van der Waals surface area contributed by atoms with E-state index in [1.807, 2.05) is 0 Å². The van der Waals surface area contributed by atoms with Gasteiger partial charge in [0.05, 0.1) is 6.10 Å². The molecule has 11 nitrogen and oxygen atoms in total. The molecule has 0 amide bonds. The van der Waals surface area contributed by atoms with Crippen molar-refractivity contribution in [2.75, 3.05) is 0 Å². The third-order valence-corrected chi connectivity index (χ3v) is 3.97. The summed E-state index contributed by atoms with van der Waals surface area (Å²) in [5.74, 6) is 0. The van der Waals surface area contributed by atoms with Crippen LogP contribution in [0.3, 0.4) is 0 Å². The molecular formula is C6H14O11P2. The Balaban J connectivity index is 4.86. The van der Waals surface area contributed by atoms with Crippen LogP contribution in [-0.4, -0.2) is 60.7 Å². The minimum Gasteiger partial charge on any atom is -0.391 e. The van der Waals surface area contributed by atoms with Crippen molar-refractivity contribution >= 4 is 21.9 Å². The molecule has 0 bridgehead atoms. The Morgan fingerprint density at radius 3 is 1.84 bits per heavy atom. The van der Waals surface area contributed by atoms with E-state index in [-0.39, 0.29) is 6.29 Å². The van der Waals surface area contributed by atoms with Gasteiger partial charge in [-0.3, -0.25) is 4.52 Å². The maximum atomic E-state index is 11.1. The summed E-state index contributed by atoms with van der Waals surface area (Å²) in [4.78, 5) is 36.1. The first-order chi connectivity index (χ1) is 8.39. The van der Waals surface area contributed by atoms with Crippen molar-refractivity contribution in [2.24, 2.45) is 0 Å². The molecule has 13 heteroatoms. The highest BCUT2D eigenvalue weighted by Gasteiger charge is 2.39.